The Hall–Kier alpha value is -0.380. The average molecular weight is 238 g/mol. The van der Waals surface area contributed by atoms with E-state index in [-0.39, 0.29) is 0 Å². The van der Waals surface area contributed by atoms with Crippen molar-refractivity contribution < 1.29 is 4.74 Å². The fraction of sp³-hybridized carbons (Fsp3) is 0.857. The molecule has 1 N–H and O–H groups in total. The van der Waals surface area contributed by atoms with Crippen LogP contribution in [0.3, 0.4) is 0 Å². The Morgan fingerprint density at radius 3 is 2.88 bits per heavy atom. The molecule has 0 aromatic rings. The van der Waals surface area contributed by atoms with E-state index >= 15 is 0 Å². The van der Waals surface area contributed by atoms with Crippen molar-refractivity contribution in [1.29, 1.82) is 0 Å². The van der Waals surface area contributed by atoms with E-state index < -0.39 is 0 Å². The van der Waals surface area contributed by atoms with Crippen molar-refractivity contribution in [2.45, 2.75) is 44.7 Å². The largest absolute Gasteiger partial charge is 0.380 e. The van der Waals surface area contributed by atoms with Gasteiger partial charge in [-0.2, -0.15) is 0 Å². The van der Waals surface area contributed by atoms with Crippen molar-refractivity contribution in [1.82, 2.24) is 10.2 Å². The first kappa shape index (κ1) is 13.1. The fourth-order valence-electron chi connectivity index (χ4n) is 2.50. The zero-order chi connectivity index (χ0) is 12.1. The number of hydrogen-bond donors (Lipinski definition) is 1. The van der Waals surface area contributed by atoms with E-state index in [1.807, 2.05) is 0 Å². The normalized spacial score (nSPS) is 23.5. The lowest BCUT2D eigenvalue weighted by Crippen LogP contribution is -2.44. The van der Waals surface area contributed by atoms with Crippen LogP contribution < -0.4 is 5.32 Å². The smallest absolute Gasteiger partial charge is 0.0673 e. The molecule has 2 rings (SSSR count). The van der Waals surface area contributed by atoms with E-state index in [2.05, 4.69) is 23.2 Å². The molecule has 1 aliphatic heterocycles. The minimum absolute atomic E-state index is 0.705. The maximum atomic E-state index is 5.19. The molecule has 3 heteroatoms. The summed E-state index contributed by atoms with van der Waals surface area (Å²) < 4.78 is 5.19. The molecule has 0 aromatic heterocycles. The molecule has 0 aromatic carbocycles. The summed E-state index contributed by atoms with van der Waals surface area (Å²) in [4.78, 5) is 2.61. The zero-order valence-electron chi connectivity index (χ0n) is 11.2. The molecule has 0 spiro atoms. The number of hydrogen-bond acceptors (Lipinski definition) is 3. The minimum atomic E-state index is 0.705. The highest BCUT2D eigenvalue weighted by molar-refractivity contribution is 5.08. The molecule has 1 heterocycles. The van der Waals surface area contributed by atoms with Gasteiger partial charge >= 0.3 is 0 Å². The Kier molecular flexibility index (Phi) is 5.01. The topological polar surface area (TPSA) is 24.5 Å². The molecule has 1 aliphatic carbocycles. The molecular formula is C14H26N2O. The Balaban J connectivity index is 1.75. The zero-order valence-corrected chi connectivity index (χ0v) is 11.2. The maximum absolute atomic E-state index is 5.19. The predicted molar refractivity (Wildman–Crippen MR) is 71.3 cm³/mol. The van der Waals surface area contributed by atoms with Gasteiger partial charge in [0.25, 0.3) is 0 Å². The first-order valence-electron chi connectivity index (χ1n) is 6.97. The molecule has 0 bridgehead atoms. The second kappa shape index (κ2) is 6.53. The van der Waals surface area contributed by atoms with E-state index in [0.29, 0.717) is 6.04 Å². The van der Waals surface area contributed by atoms with Crippen LogP contribution in [0, 0.1) is 0 Å². The van der Waals surface area contributed by atoms with Gasteiger partial charge in [0, 0.05) is 38.8 Å². The van der Waals surface area contributed by atoms with Crippen LogP contribution in [0.5, 0.6) is 0 Å². The molecule has 1 atom stereocenters. The van der Waals surface area contributed by atoms with Gasteiger partial charge in [-0.25, -0.2) is 0 Å². The maximum Gasteiger partial charge on any atom is 0.0673 e. The van der Waals surface area contributed by atoms with Gasteiger partial charge in [0.05, 0.1) is 6.61 Å². The Labute approximate surface area is 105 Å². The number of methoxy groups -OCH3 is 1. The number of rotatable bonds is 7. The first-order chi connectivity index (χ1) is 8.33. The molecule has 0 saturated heterocycles. The van der Waals surface area contributed by atoms with Crippen molar-refractivity contribution in [3.63, 3.8) is 0 Å². The lowest BCUT2D eigenvalue weighted by atomic mass is 10.1. The van der Waals surface area contributed by atoms with Gasteiger partial charge in [-0.1, -0.05) is 13.0 Å². The van der Waals surface area contributed by atoms with E-state index in [0.717, 1.165) is 25.7 Å². The third-order valence-electron chi connectivity index (χ3n) is 3.87. The lowest BCUT2D eigenvalue weighted by Gasteiger charge is -2.33. The van der Waals surface area contributed by atoms with Crippen LogP contribution in [0.4, 0.5) is 0 Å². The summed E-state index contributed by atoms with van der Waals surface area (Å²) in [6.07, 6.45) is 7.54. The molecule has 0 amide bonds. The highest BCUT2D eigenvalue weighted by atomic mass is 16.5. The molecule has 1 saturated carbocycles. The van der Waals surface area contributed by atoms with Crippen molar-refractivity contribution in [3.8, 4) is 0 Å². The van der Waals surface area contributed by atoms with Crippen LogP contribution in [0.2, 0.25) is 0 Å². The molecule has 17 heavy (non-hydrogen) atoms. The fourth-order valence-corrected chi connectivity index (χ4v) is 2.50. The van der Waals surface area contributed by atoms with E-state index in [1.165, 1.54) is 37.8 Å². The van der Waals surface area contributed by atoms with Crippen molar-refractivity contribution in [3.05, 3.63) is 11.6 Å². The molecule has 1 fully saturated rings. The van der Waals surface area contributed by atoms with Crippen molar-refractivity contribution in [2.75, 3.05) is 33.4 Å². The third-order valence-corrected chi connectivity index (χ3v) is 3.87. The third kappa shape index (κ3) is 4.09. The summed E-state index contributed by atoms with van der Waals surface area (Å²) in [6.45, 7) is 6.57. The number of nitrogens with zero attached hydrogens (tertiary/aromatic N) is 1. The Bertz CT molecular complexity index is 261. The van der Waals surface area contributed by atoms with Crippen LogP contribution in [0.15, 0.2) is 11.6 Å². The second-order valence-electron chi connectivity index (χ2n) is 5.28. The summed E-state index contributed by atoms with van der Waals surface area (Å²) in [5.74, 6) is 0. The van der Waals surface area contributed by atoms with Gasteiger partial charge in [0.2, 0.25) is 0 Å². The van der Waals surface area contributed by atoms with Crippen LogP contribution in [0.1, 0.15) is 32.6 Å². The van der Waals surface area contributed by atoms with E-state index in [1.54, 1.807) is 7.11 Å². The molecule has 1 unspecified atom stereocenters. The monoisotopic (exact) mass is 238 g/mol. The van der Waals surface area contributed by atoms with Crippen LogP contribution in [-0.4, -0.2) is 50.3 Å². The average Bonchev–Trinajstić information content (AvgIpc) is 3.16. The lowest BCUT2D eigenvalue weighted by molar-refractivity contribution is 0.182. The Morgan fingerprint density at radius 1 is 1.53 bits per heavy atom. The standard InChI is InChI=1S/C14H26N2O/c1-3-14(10-15-13-4-5-13)16-8-6-12(7-9-16)11-17-2/h6,13-15H,3-5,7-11H2,1-2H3. The van der Waals surface area contributed by atoms with Crippen LogP contribution in [-0.2, 0) is 4.74 Å². The van der Waals surface area contributed by atoms with Gasteiger partial charge in [-0.3, -0.25) is 4.90 Å². The summed E-state index contributed by atoms with van der Waals surface area (Å²) in [5, 5.41) is 3.65. The molecule has 2 aliphatic rings. The highest BCUT2D eigenvalue weighted by Crippen LogP contribution is 2.20. The van der Waals surface area contributed by atoms with E-state index in [9.17, 15) is 0 Å². The van der Waals surface area contributed by atoms with Gasteiger partial charge < -0.3 is 10.1 Å². The summed E-state index contributed by atoms with van der Waals surface area (Å²) in [6, 6.07) is 1.53. The summed E-state index contributed by atoms with van der Waals surface area (Å²) in [7, 11) is 1.78. The Morgan fingerprint density at radius 2 is 2.35 bits per heavy atom. The van der Waals surface area contributed by atoms with Gasteiger partial charge in [-0.05, 0) is 31.3 Å². The first-order valence-corrected chi connectivity index (χ1v) is 6.97. The molecule has 98 valence electrons. The van der Waals surface area contributed by atoms with Crippen molar-refractivity contribution >= 4 is 0 Å². The van der Waals surface area contributed by atoms with Gasteiger partial charge in [0.15, 0.2) is 0 Å². The minimum Gasteiger partial charge on any atom is -0.380 e. The summed E-state index contributed by atoms with van der Waals surface area (Å²) >= 11 is 0. The molecular weight excluding hydrogens is 212 g/mol. The number of nitrogens with one attached hydrogen (secondary N) is 1. The highest BCUT2D eigenvalue weighted by Gasteiger charge is 2.24. The van der Waals surface area contributed by atoms with E-state index in [4.69, 9.17) is 4.74 Å². The van der Waals surface area contributed by atoms with Crippen molar-refractivity contribution in [2.24, 2.45) is 0 Å². The quantitative estimate of drug-likeness (QED) is 0.684. The van der Waals surface area contributed by atoms with Gasteiger partial charge in [-0.15, -0.1) is 0 Å². The second-order valence-corrected chi connectivity index (χ2v) is 5.28. The molecule has 0 radical (unpaired) electrons. The van der Waals surface area contributed by atoms with Crippen LogP contribution in [0.25, 0.3) is 0 Å². The van der Waals surface area contributed by atoms with Gasteiger partial charge in [0.1, 0.15) is 0 Å². The number of ether oxygens (including phenoxy) is 1. The SMILES string of the molecule is CCC(CNC1CC1)N1CC=C(COC)CC1. The molecule has 3 nitrogen and oxygen atoms in total. The van der Waals surface area contributed by atoms with Crippen LogP contribution >= 0.6 is 0 Å². The predicted octanol–water partition coefficient (Wildman–Crippen LogP) is 1.80. The summed E-state index contributed by atoms with van der Waals surface area (Å²) in [5.41, 5.74) is 1.47.